The highest BCUT2D eigenvalue weighted by Crippen LogP contribution is 2.55. The van der Waals surface area contributed by atoms with Gasteiger partial charge in [-0.15, -0.1) is 0 Å². The van der Waals surface area contributed by atoms with Crippen molar-refractivity contribution in [3.63, 3.8) is 0 Å². The zero-order valence-corrected chi connectivity index (χ0v) is 13.8. The van der Waals surface area contributed by atoms with Crippen LogP contribution in [0.2, 0.25) is 0 Å². The number of hydrogen-bond donors (Lipinski definition) is 1. The van der Waals surface area contributed by atoms with E-state index in [1.54, 1.807) is 0 Å². The van der Waals surface area contributed by atoms with E-state index in [4.69, 9.17) is 0 Å². The Balaban J connectivity index is 1.46. The van der Waals surface area contributed by atoms with Crippen LogP contribution >= 0.6 is 0 Å². The fourth-order valence-electron chi connectivity index (χ4n) is 4.37. The van der Waals surface area contributed by atoms with Gasteiger partial charge in [-0.2, -0.15) is 0 Å². The first kappa shape index (κ1) is 15.6. The summed E-state index contributed by atoms with van der Waals surface area (Å²) in [7, 11) is 1.34. The van der Waals surface area contributed by atoms with Crippen LogP contribution in [0.1, 0.15) is 45.4 Å². The lowest BCUT2D eigenvalue weighted by molar-refractivity contribution is -0.147. The van der Waals surface area contributed by atoms with E-state index in [2.05, 4.69) is 10.1 Å². The number of carbonyl (C=O) groups is 2. The van der Waals surface area contributed by atoms with Gasteiger partial charge >= 0.3 is 6.09 Å². The molecule has 3 rings (SSSR count). The van der Waals surface area contributed by atoms with Crippen LogP contribution in [-0.2, 0) is 9.53 Å². The minimum absolute atomic E-state index is 0.128. The SMILES string of the molecule is CCC(CNC(=O)OC)C(=O)N1CC2(CCC(C3CC3)C2)C1. The molecule has 2 aliphatic carbocycles. The number of nitrogens with zero attached hydrogens (tertiary/aromatic N) is 1. The topological polar surface area (TPSA) is 58.6 Å². The maximum absolute atomic E-state index is 12.6. The second kappa shape index (κ2) is 6.09. The number of amides is 2. The summed E-state index contributed by atoms with van der Waals surface area (Å²) in [5.41, 5.74) is 0.428. The molecule has 1 aliphatic heterocycles. The summed E-state index contributed by atoms with van der Waals surface area (Å²) in [5, 5.41) is 2.65. The largest absolute Gasteiger partial charge is 0.453 e. The van der Waals surface area contributed by atoms with Gasteiger partial charge in [0.25, 0.3) is 0 Å². The summed E-state index contributed by atoms with van der Waals surface area (Å²) < 4.78 is 4.57. The van der Waals surface area contributed by atoms with Gasteiger partial charge in [-0.05, 0) is 50.4 Å². The molecule has 3 aliphatic rings. The number of ether oxygens (including phenoxy) is 1. The molecule has 0 aromatic carbocycles. The van der Waals surface area contributed by atoms with Crippen LogP contribution in [0.25, 0.3) is 0 Å². The van der Waals surface area contributed by atoms with Gasteiger partial charge in [0.15, 0.2) is 0 Å². The van der Waals surface area contributed by atoms with Crippen molar-refractivity contribution in [2.75, 3.05) is 26.7 Å². The summed E-state index contributed by atoms with van der Waals surface area (Å²) in [6.07, 6.45) is 7.15. The Morgan fingerprint density at radius 2 is 2.00 bits per heavy atom. The molecule has 3 fully saturated rings. The quantitative estimate of drug-likeness (QED) is 0.848. The predicted octanol–water partition coefficient (Wildman–Crippen LogP) is 2.41. The summed E-state index contributed by atoms with van der Waals surface area (Å²) in [5.74, 6) is 1.99. The molecule has 2 saturated carbocycles. The molecule has 0 bridgehead atoms. The van der Waals surface area contributed by atoms with Crippen molar-refractivity contribution in [2.24, 2.45) is 23.2 Å². The molecule has 1 N–H and O–H groups in total. The number of nitrogens with one attached hydrogen (secondary N) is 1. The third-order valence-corrected chi connectivity index (χ3v) is 5.91. The number of methoxy groups -OCH3 is 1. The normalized spacial score (nSPS) is 27.4. The Bertz CT molecular complexity index is 441. The third-order valence-electron chi connectivity index (χ3n) is 5.91. The highest BCUT2D eigenvalue weighted by Gasteiger charge is 2.52. The van der Waals surface area contributed by atoms with Crippen molar-refractivity contribution in [2.45, 2.75) is 45.4 Å². The molecule has 124 valence electrons. The van der Waals surface area contributed by atoms with E-state index in [0.29, 0.717) is 12.0 Å². The summed E-state index contributed by atoms with van der Waals surface area (Å²) in [6.45, 7) is 4.24. The molecule has 0 aromatic rings. The van der Waals surface area contributed by atoms with Gasteiger partial charge in [-0.1, -0.05) is 6.92 Å². The van der Waals surface area contributed by atoms with Gasteiger partial charge in [0.05, 0.1) is 13.0 Å². The molecule has 1 heterocycles. The number of carbonyl (C=O) groups excluding carboxylic acids is 2. The van der Waals surface area contributed by atoms with E-state index < -0.39 is 6.09 Å². The van der Waals surface area contributed by atoms with Crippen molar-refractivity contribution in [3.05, 3.63) is 0 Å². The van der Waals surface area contributed by atoms with Gasteiger partial charge < -0.3 is 15.0 Å². The van der Waals surface area contributed by atoms with Crippen molar-refractivity contribution >= 4 is 12.0 Å². The summed E-state index contributed by atoms with van der Waals surface area (Å²) in [6, 6.07) is 0. The maximum atomic E-state index is 12.6. The number of rotatable bonds is 5. The van der Waals surface area contributed by atoms with E-state index in [0.717, 1.165) is 31.3 Å². The van der Waals surface area contributed by atoms with Crippen molar-refractivity contribution in [1.29, 1.82) is 0 Å². The third kappa shape index (κ3) is 3.08. The smallest absolute Gasteiger partial charge is 0.406 e. The fraction of sp³-hybridized carbons (Fsp3) is 0.882. The highest BCUT2D eigenvalue weighted by molar-refractivity contribution is 5.80. The number of alkyl carbamates (subject to hydrolysis) is 1. The van der Waals surface area contributed by atoms with Crippen molar-refractivity contribution < 1.29 is 14.3 Å². The first-order valence-corrected chi connectivity index (χ1v) is 8.67. The van der Waals surface area contributed by atoms with Crippen LogP contribution in [0, 0.1) is 23.2 Å². The lowest BCUT2D eigenvalue weighted by Gasteiger charge is -2.49. The van der Waals surface area contributed by atoms with E-state index in [1.807, 2.05) is 11.8 Å². The number of hydrogen-bond acceptors (Lipinski definition) is 3. The molecule has 0 aromatic heterocycles. The molecular weight excluding hydrogens is 280 g/mol. The van der Waals surface area contributed by atoms with E-state index in [9.17, 15) is 9.59 Å². The van der Waals surface area contributed by atoms with Crippen molar-refractivity contribution in [1.82, 2.24) is 10.2 Å². The fourth-order valence-corrected chi connectivity index (χ4v) is 4.37. The minimum Gasteiger partial charge on any atom is -0.453 e. The second-order valence-electron chi connectivity index (χ2n) is 7.51. The Morgan fingerprint density at radius 1 is 1.27 bits per heavy atom. The molecule has 5 heteroatoms. The molecule has 22 heavy (non-hydrogen) atoms. The van der Waals surface area contributed by atoms with Crippen LogP contribution in [0.15, 0.2) is 0 Å². The zero-order valence-electron chi connectivity index (χ0n) is 13.8. The van der Waals surface area contributed by atoms with Gasteiger partial charge in [0.2, 0.25) is 5.91 Å². The molecule has 2 unspecified atom stereocenters. The maximum Gasteiger partial charge on any atom is 0.406 e. The molecule has 1 spiro atoms. The average Bonchev–Trinajstić information content (AvgIpc) is 3.24. The molecule has 0 radical (unpaired) electrons. The van der Waals surface area contributed by atoms with Crippen LogP contribution in [0.3, 0.4) is 0 Å². The summed E-state index contributed by atoms with van der Waals surface area (Å²) >= 11 is 0. The Kier molecular flexibility index (Phi) is 4.33. The lowest BCUT2D eigenvalue weighted by atomic mass is 9.76. The van der Waals surface area contributed by atoms with Crippen LogP contribution in [0.4, 0.5) is 4.79 Å². The summed E-state index contributed by atoms with van der Waals surface area (Å²) in [4.78, 5) is 25.7. The van der Waals surface area contributed by atoms with Gasteiger partial charge in [-0.3, -0.25) is 4.79 Å². The molecule has 1 saturated heterocycles. The van der Waals surface area contributed by atoms with Crippen LogP contribution in [-0.4, -0.2) is 43.6 Å². The monoisotopic (exact) mass is 308 g/mol. The minimum atomic E-state index is -0.464. The number of likely N-dealkylation sites (tertiary alicyclic amines) is 1. The molecule has 2 atom stereocenters. The molecule has 5 nitrogen and oxygen atoms in total. The van der Waals surface area contributed by atoms with E-state index >= 15 is 0 Å². The van der Waals surface area contributed by atoms with E-state index in [-0.39, 0.29) is 11.8 Å². The van der Waals surface area contributed by atoms with Crippen molar-refractivity contribution in [3.8, 4) is 0 Å². The Morgan fingerprint density at radius 3 is 2.59 bits per heavy atom. The van der Waals surface area contributed by atoms with Gasteiger partial charge in [-0.25, -0.2) is 4.79 Å². The van der Waals surface area contributed by atoms with Gasteiger partial charge in [0.1, 0.15) is 0 Å². The Labute approximate surface area is 132 Å². The second-order valence-corrected chi connectivity index (χ2v) is 7.51. The molecular formula is C17H28N2O3. The predicted molar refractivity (Wildman–Crippen MR) is 83.3 cm³/mol. The average molecular weight is 308 g/mol. The standard InChI is InChI=1S/C17H28N2O3/c1-3-12(9-18-16(21)22-2)15(20)19-10-17(11-19)7-6-14(8-17)13-4-5-13/h12-14H,3-11H2,1-2H3,(H,18,21). The van der Waals surface area contributed by atoms with Gasteiger partial charge in [0, 0.05) is 25.0 Å². The molecule has 2 amide bonds. The zero-order chi connectivity index (χ0) is 15.7. The Hall–Kier alpha value is -1.26. The van der Waals surface area contributed by atoms with Crippen LogP contribution in [0.5, 0.6) is 0 Å². The lowest BCUT2D eigenvalue weighted by Crippen LogP contribution is -2.59. The van der Waals surface area contributed by atoms with E-state index in [1.165, 1.54) is 39.2 Å². The van der Waals surface area contributed by atoms with Crippen LogP contribution < -0.4 is 5.32 Å². The highest BCUT2D eigenvalue weighted by atomic mass is 16.5. The first-order valence-electron chi connectivity index (χ1n) is 8.67. The first-order chi connectivity index (χ1) is 10.6.